The minimum Gasteiger partial charge on any atom is -0.315 e. The standard InChI is InChI=1S/C12H17N3O2S3/c1-8(12-14-4-5-18-12)15-20(16,17)11-6-10(7-13-3)19-9(11)2/h4-6,8,13,15H,7H2,1-3H3. The number of aromatic nitrogens is 1. The minimum absolute atomic E-state index is 0.327. The molecule has 5 nitrogen and oxygen atoms in total. The van der Waals surface area contributed by atoms with Crippen LogP contribution in [0, 0.1) is 6.92 Å². The molecule has 0 aromatic carbocycles. The highest BCUT2D eigenvalue weighted by Crippen LogP contribution is 2.27. The number of thiophene rings is 1. The molecule has 1 atom stereocenters. The highest BCUT2D eigenvalue weighted by atomic mass is 32.2. The lowest BCUT2D eigenvalue weighted by atomic mass is 10.4. The van der Waals surface area contributed by atoms with E-state index in [1.54, 1.807) is 19.2 Å². The number of rotatable bonds is 6. The summed E-state index contributed by atoms with van der Waals surface area (Å²) in [5.41, 5.74) is 0. The van der Waals surface area contributed by atoms with Crippen molar-refractivity contribution in [2.45, 2.75) is 31.3 Å². The molecule has 0 spiro atoms. The Bertz CT molecular complexity index is 662. The van der Waals surface area contributed by atoms with Crippen molar-refractivity contribution in [3.05, 3.63) is 32.4 Å². The van der Waals surface area contributed by atoms with Gasteiger partial charge in [-0.25, -0.2) is 18.1 Å². The molecular formula is C12H17N3O2S3. The quantitative estimate of drug-likeness (QED) is 0.852. The molecule has 8 heteroatoms. The molecule has 0 fully saturated rings. The molecule has 0 bridgehead atoms. The maximum atomic E-state index is 12.4. The van der Waals surface area contributed by atoms with Crippen molar-refractivity contribution in [3.63, 3.8) is 0 Å². The molecule has 0 radical (unpaired) electrons. The van der Waals surface area contributed by atoms with Crippen molar-refractivity contribution in [2.24, 2.45) is 0 Å². The number of nitrogens with one attached hydrogen (secondary N) is 2. The second kappa shape index (κ2) is 6.31. The maximum Gasteiger partial charge on any atom is 0.242 e. The fourth-order valence-electron chi connectivity index (χ4n) is 1.85. The Morgan fingerprint density at radius 3 is 2.80 bits per heavy atom. The molecule has 110 valence electrons. The third kappa shape index (κ3) is 3.44. The number of hydrogen-bond acceptors (Lipinski definition) is 6. The van der Waals surface area contributed by atoms with E-state index in [0.29, 0.717) is 11.4 Å². The number of thiazole rings is 1. The van der Waals surface area contributed by atoms with Gasteiger partial charge in [0.15, 0.2) is 0 Å². The van der Waals surface area contributed by atoms with E-state index in [-0.39, 0.29) is 6.04 Å². The number of aryl methyl sites for hydroxylation is 1. The zero-order chi connectivity index (χ0) is 14.8. The number of sulfonamides is 1. The van der Waals surface area contributed by atoms with Gasteiger partial charge >= 0.3 is 0 Å². The first-order valence-electron chi connectivity index (χ1n) is 6.09. The minimum atomic E-state index is -3.51. The Labute approximate surface area is 127 Å². The van der Waals surface area contributed by atoms with Crippen molar-refractivity contribution in [3.8, 4) is 0 Å². The molecule has 0 aliphatic carbocycles. The molecule has 2 heterocycles. The average Bonchev–Trinajstić information content (AvgIpc) is 2.98. The molecule has 2 N–H and O–H groups in total. The van der Waals surface area contributed by atoms with E-state index in [1.807, 2.05) is 19.4 Å². The van der Waals surface area contributed by atoms with Crippen LogP contribution in [0.15, 0.2) is 22.5 Å². The van der Waals surface area contributed by atoms with Crippen LogP contribution in [0.5, 0.6) is 0 Å². The van der Waals surface area contributed by atoms with Gasteiger partial charge in [0.1, 0.15) is 5.01 Å². The van der Waals surface area contributed by atoms with Crippen LogP contribution in [0.1, 0.15) is 27.7 Å². The first-order valence-corrected chi connectivity index (χ1v) is 9.27. The van der Waals surface area contributed by atoms with Crippen LogP contribution in [0.3, 0.4) is 0 Å². The lowest BCUT2D eigenvalue weighted by Crippen LogP contribution is -2.27. The fourth-order valence-corrected chi connectivity index (χ4v) is 5.42. The van der Waals surface area contributed by atoms with Crippen molar-refractivity contribution >= 4 is 32.7 Å². The van der Waals surface area contributed by atoms with Gasteiger partial charge in [0.05, 0.1) is 10.9 Å². The molecule has 20 heavy (non-hydrogen) atoms. The Hall–Kier alpha value is -0.800. The van der Waals surface area contributed by atoms with E-state index in [4.69, 9.17) is 0 Å². The molecule has 0 saturated carbocycles. The van der Waals surface area contributed by atoms with Crippen LogP contribution in [-0.2, 0) is 16.6 Å². The molecule has 0 saturated heterocycles. The summed E-state index contributed by atoms with van der Waals surface area (Å²) in [6.07, 6.45) is 1.67. The van der Waals surface area contributed by atoms with Crippen LogP contribution in [0.2, 0.25) is 0 Å². The van der Waals surface area contributed by atoms with Gasteiger partial charge in [-0.3, -0.25) is 0 Å². The van der Waals surface area contributed by atoms with Crippen LogP contribution < -0.4 is 10.0 Å². The second-order valence-corrected chi connectivity index (χ2v) is 8.33. The Morgan fingerprint density at radius 1 is 1.45 bits per heavy atom. The topological polar surface area (TPSA) is 71.1 Å². The number of nitrogens with zero attached hydrogens (tertiary/aromatic N) is 1. The van der Waals surface area contributed by atoms with E-state index in [0.717, 1.165) is 14.8 Å². The third-order valence-electron chi connectivity index (χ3n) is 2.72. The van der Waals surface area contributed by atoms with Gasteiger partial charge in [0, 0.05) is 27.9 Å². The van der Waals surface area contributed by atoms with Crippen LogP contribution in [0.25, 0.3) is 0 Å². The van der Waals surface area contributed by atoms with Crippen molar-refractivity contribution < 1.29 is 8.42 Å². The van der Waals surface area contributed by atoms with E-state index in [2.05, 4.69) is 15.0 Å². The molecular weight excluding hydrogens is 314 g/mol. The second-order valence-electron chi connectivity index (χ2n) is 4.38. The van der Waals surface area contributed by atoms with Gasteiger partial charge in [0.25, 0.3) is 0 Å². The average molecular weight is 331 g/mol. The predicted octanol–water partition coefficient (Wildman–Crippen LogP) is 2.27. The molecule has 0 amide bonds. The number of hydrogen-bond donors (Lipinski definition) is 2. The molecule has 1 unspecified atom stereocenters. The Kier molecular flexibility index (Phi) is 4.92. The Balaban J connectivity index is 2.22. The zero-order valence-corrected chi connectivity index (χ0v) is 14.0. The van der Waals surface area contributed by atoms with Gasteiger partial charge in [-0.05, 0) is 27.0 Å². The lowest BCUT2D eigenvalue weighted by molar-refractivity contribution is 0.566. The van der Waals surface area contributed by atoms with Gasteiger partial charge in [-0.2, -0.15) is 0 Å². The van der Waals surface area contributed by atoms with Crippen molar-refractivity contribution in [1.29, 1.82) is 0 Å². The van der Waals surface area contributed by atoms with E-state index >= 15 is 0 Å². The summed E-state index contributed by atoms with van der Waals surface area (Å²) < 4.78 is 27.5. The summed E-state index contributed by atoms with van der Waals surface area (Å²) in [4.78, 5) is 6.30. The van der Waals surface area contributed by atoms with E-state index in [9.17, 15) is 8.42 Å². The first kappa shape index (κ1) is 15.6. The zero-order valence-electron chi connectivity index (χ0n) is 11.5. The smallest absolute Gasteiger partial charge is 0.242 e. The summed E-state index contributed by atoms with van der Waals surface area (Å²) >= 11 is 2.93. The highest BCUT2D eigenvalue weighted by molar-refractivity contribution is 7.89. The normalized spacial score (nSPS) is 13.6. The molecule has 0 aliphatic rings. The largest absolute Gasteiger partial charge is 0.315 e. The van der Waals surface area contributed by atoms with Crippen LogP contribution >= 0.6 is 22.7 Å². The van der Waals surface area contributed by atoms with Crippen LogP contribution in [-0.4, -0.2) is 20.4 Å². The van der Waals surface area contributed by atoms with Crippen molar-refractivity contribution in [2.75, 3.05) is 7.05 Å². The lowest BCUT2D eigenvalue weighted by Gasteiger charge is -2.11. The van der Waals surface area contributed by atoms with Gasteiger partial charge in [-0.1, -0.05) is 0 Å². The molecule has 0 aliphatic heterocycles. The maximum absolute atomic E-state index is 12.4. The van der Waals surface area contributed by atoms with E-state index in [1.165, 1.54) is 22.7 Å². The summed E-state index contributed by atoms with van der Waals surface area (Å²) in [5, 5.41) is 5.62. The first-order chi connectivity index (χ1) is 9.44. The molecule has 2 aromatic rings. The van der Waals surface area contributed by atoms with Gasteiger partial charge in [0.2, 0.25) is 10.0 Å². The summed E-state index contributed by atoms with van der Waals surface area (Å²) in [6, 6.07) is 1.40. The SMILES string of the molecule is CNCc1cc(S(=O)(=O)NC(C)c2nccs2)c(C)s1. The predicted molar refractivity (Wildman–Crippen MR) is 82.7 cm³/mol. The fraction of sp³-hybridized carbons (Fsp3) is 0.417. The van der Waals surface area contributed by atoms with Crippen LogP contribution in [0.4, 0.5) is 0 Å². The van der Waals surface area contributed by atoms with Gasteiger partial charge in [-0.15, -0.1) is 22.7 Å². The summed E-state index contributed by atoms with van der Waals surface area (Å²) in [6.45, 7) is 4.29. The summed E-state index contributed by atoms with van der Waals surface area (Å²) in [5.74, 6) is 0. The summed E-state index contributed by atoms with van der Waals surface area (Å²) in [7, 11) is -1.68. The van der Waals surface area contributed by atoms with Gasteiger partial charge < -0.3 is 5.32 Å². The third-order valence-corrected chi connectivity index (χ3v) is 6.52. The molecule has 2 aromatic heterocycles. The van der Waals surface area contributed by atoms with Crippen molar-refractivity contribution in [1.82, 2.24) is 15.0 Å². The monoisotopic (exact) mass is 331 g/mol. The Morgan fingerprint density at radius 2 is 2.20 bits per heavy atom. The molecule has 2 rings (SSSR count). The highest BCUT2D eigenvalue weighted by Gasteiger charge is 2.23. The van der Waals surface area contributed by atoms with E-state index < -0.39 is 10.0 Å².